The zero-order valence-electron chi connectivity index (χ0n) is 22.4. The number of unbranched alkanes of at least 4 members (excludes halogenated alkanes) is 10. The van der Waals surface area contributed by atoms with E-state index in [4.69, 9.17) is 0 Å². The van der Waals surface area contributed by atoms with Crippen molar-refractivity contribution in [3.8, 4) is 11.1 Å². The lowest BCUT2D eigenvalue weighted by Crippen LogP contribution is -2.38. The molecule has 0 spiro atoms. The molecule has 0 unspecified atom stereocenters. The van der Waals surface area contributed by atoms with E-state index in [2.05, 4.69) is 76.0 Å². The maximum Gasteiger partial charge on any atom is 0.0776 e. The third kappa shape index (κ3) is 6.41. The number of rotatable bonds is 15. The number of fused-ring (bicyclic) bond motifs is 3. The SMILES string of the molecule is CCCCCCCCC1(CCCCCCCC)c2ccccc2-c2ccc([Si](C)(C)C)cc21. The van der Waals surface area contributed by atoms with Crippen molar-refractivity contribution >= 4 is 13.3 Å². The van der Waals surface area contributed by atoms with Crippen LogP contribution >= 0.6 is 0 Å². The first-order chi connectivity index (χ1) is 15.9. The van der Waals surface area contributed by atoms with Crippen molar-refractivity contribution in [1.82, 2.24) is 0 Å². The predicted octanol–water partition coefficient (Wildman–Crippen LogP) is 10.00. The summed E-state index contributed by atoms with van der Waals surface area (Å²) in [5.74, 6) is 0. The predicted molar refractivity (Wildman–Crippen MR) is 152 cm³/mol. The van der Waals surface area contributed by atoms with E-state index in [1.165, 1.54) is 101 Å². The molecule has 0 fully saturated rings. The van der Waals surface area contributed by atoms with Crippen molar-refractivity contribution in [2.45, 2.75) is 129 Å². The van der Waals surface area contributed by atoms with Gasteiger partial charge in [0.15, 0.2) is 0 Å². The molecule has 0 radical (unpaired) electrons. The Kier molecular flexibility index (Phi) is 9.86. The van der Waals surface area contributed by atoms with Crippen LogP contribution in [-0.4, -0.2) is 8.07 Å². The van der Waals surface area contributed by atoms with Crippen molar-refractivity contribution < 1.29 is 0 Å². The molecule has 3 rings (SSSR count). The fourth-order valence-electron chi connectivity index (χ4n) is 6.00. The summed E-state index contributed by atoms with van der Waals surface area (Å²) in [5, 5.41) is 1.63. The quantitative estimate of drug-likeness (QED) is 0.182. The van der Waals surface area contributed by atoms with Gasteiger partial charge in [0, 0.05) is 5.41 Å². The zero-order valence-corrected chi connectivity index (χ0v) is 23.4. The molecule has 1 aliphatic rings. The molecule has 0 N–H and O–H groups in total. The van der Waals surface area contributed by atoms with Crippen LogP contribution in [0.15, 0.2) is 42.5 Å². The first kappa shape index (κ1) is 26.3. The Morgan fingerprint density at radius 2 is 1.09 bits per heavy atom. The van der Waals surface area contributed by atoms with E-state index in [1.54, 1.807) is 16.3 Å². The lowest BCUT2D eigenvalue weighted by Gasteiger charge is -2.34. The molecule has 1 aliphatic carbocycles. The molecule has 0 bridgehead atoms. The van der Waals surface area contributed by atoms with Crippen LogP contribution in [0.2, 0.25) is 19.6 Å². The van der Waals surface area contributed by atoms with Crippen molar-refractivity contribution in [2.24, 2.45) is 0 Å². The van der Waals surface area contributed by atoms with Gasteiger partial charge in [-0.15, -0.1) is 0 Å². The van der Waals surface area contributed by atoms with Crippen LogP contribution in [0.1, 0.15) is 115 Å². The smallest absolute Gasteiger partial charge is 0.0656 e. The molecule has 0 saturated heterocycles. The highest BCUT2D eigenvalue weighted by atomic mass is 28.3. The van der Waals surface area contributed by atoms with E-state index in [-0.39, 0.29) is 5.41 Å². The van der Waals surface area contributed by atoms with E-state index in [0.29, 0.717) is 0 Å². The summed E-state index contributed by atoms with van der Waals surface area (Å²) in [6.07, 6.45) is 19.3. The Labute approximate surface area is 206 Å². The maximum absolute atomic E-state index is 2.66. The van der Waals surface area contributed by atoms with E-state index < -0.39 is 8.07 Å². The lowest BCUT2D eigenvalue weighted by molar-refractivity contribution is 0.398. The third-order valence-electron chi connectivity index (χ3n) is 8.05. The van der Waals surface area contributed by atoms with E-state index in [1.807, 2.05) is 0 Å². The molecular formula is C32H50Si. The Bertz CT molecular complexity index is 841. The summed E-state index contributed by atoms with van der Waals surface area (Å²) in [7, 11) is -1.35. The normalized spacial score (nSPS) is 14.3. The van der Waals surface area contributed by atoms with E-state index >= 15 is 0 Å². The van der Waals surface area contributed by atoms with Crippen LogP contribution in [0.5, 0.6) is 0 Å². The summed E-state index contributed by atoms with van der Waals surface area (Å²) in [4.78, 5) is 0. The molecule has 1 heteroatoms. The van der Waals surface area contributed by atoms with Crippen LogP contribution in [0.4, 0.5) is 0 Å². The van der Waals surface area contributed by atoms with Crippen LogP contribution in [-0.2, 0) is 5.41 Å². The molecule has 0 heterocycles. The highest BCUT2D eigenvalue weighted by Crippen LogP contribution is 2.54. The third-order valence-corrected chi connectivity index (χ3v) is 10.1. The van der Waals surface area contributed by atoms with Gasteiger partial charge in [-0.05, 0) is 35.1 Å². The van der Waals surface area contributed by atoms with Gasteiger partial charge in [0.1, 0.15) is 0 Å². The largest absolute Gasteiger partial charge is 0.0776 e. The Morgan fingerprint density at radius 3 is 1.67 bits per heavy atom. The fraction of sp³-hybridized carbons (Fsp3) is 0.625. The highest BCUT2D eigenvalue weighted by molar-refractivity contribution is 6.88. The van der Waals surface area contributed by atoms with E-state index in [0.717, 1.165) is 0 Å². The minimum absolute atomic E-state index is 0.233. The Hall–Kier alpha value is -1.34. The molecule has 182 valence electrons. The summed E-state index contributed by atoms with van der Waals surface area (Å²) in [5.41, 5.74) is 6.59. The minimum atomic E-state index is -1.35. The van der Waals surface area contributed by atoms with Crippen LogP contribution in [0.3, 0.4) is 0 Å². The average molecular weight is 463 g/mol. The van der Waals surface area contributed by atoms with Gasteiger partial charge in [-0.2, -0.15) is 0 Å². The van der Waals surface area contributed by atoms with Gasteiger partial charge < -0.3 is 0 Å². The molecule has 2 aromatic carbocycles. The Morgan fingerprint density at radius 1 is 0.576 bits per heavy atom. The first-order valence-electron chi connectivity index (χ1n) is 14.2. The molecule has 0 aliphatic heterocycles. The standard InChI is InChI=1S/C32H50Si/c1-6-8-10-12-14-18-24-32(25-19-15-13-11-9-7-2)30-21-17-16-20-28(30)29-23-22-27(26-31(29)32)33(3,4)5/h16-17,20-23,26H,6-15,18-19,24-25H2,1-5H3. The average Bonchev–Trinajstić information content (AvgIpc) is 3.08. The van der Waals surface area contributed by atoms with Crippen molar-refractivity contribution in [2.75, 3.05) is 0 Å². The van der Waals surface area contributed by atoms with Crippen molar-refractivity contribution in [1.29, 1.82) is 0 Å². The van der Waals surface area contributed by atoms with Crippen molar-refractivity contribution in [3.63, 3.8) is 0 Å². The number of hydrogen-bond donors (Lipinski definition) is 0. The van der Waals surface area contributed by atoms with Crippen LogP contribution < -0.4 is 5.19 Å². The molecule has 2 aromatic rings. The lowest BCUT2D eigenvalue weighted by atomic mass is 9.70. The van der Waals surface area contributed by atoms with Gasteiger partial charge in [0.2, 0.25) is 0 Å². The van der Waals surface area contributed by atoms with E-state index in [9.17, 15) is 0 Å². The molecule has 0 aromatic heterocycles. The Balaban J connectivity index is 1.90. The number of benzene rings is 2. The van der Waals surface area contributed by atoms with Gasteiger partial charge >= 0.3 is 0 Å². The topological polar surface area (TPSA) is 0 Å². The molecule has 0 nitrogen and oxygen atoms in total. The van der Waals surface area contributed by atoms with Crippen LogP contribution in [0.25, 0.3) is 11.1 Å². The van der Waals surface area contributed by atoms with Gasteiger partial charge in [-0.3, -0.25) is 0 Å². The minimum Gasteiger partial charge on any atom is -0.0656 e. The van der Waals surface area contributed by atoms with Crippen molar-refractivity contribution in [3.05, 3.63) is 53.6 Å². The summed E-state index contributed by atoms with van der Waals surface area (Å²) >= 11 is 0. The van der Waals surface area contributed by atoms with Gasteiger partial charge in [-0.25, -0.2) is 0 Å². The first-order valence-corrected chi connectivity index (χ1v) is 17.7. The molecule has 0 saturated carbocycles. The maximum atomic E-state index is 2.66. The second kappa shape index (κ2) is 12.4. The summed E-state index contributed by atoms with van der Waals surface area (Å²) < 4.78 is 0. The number of hydrogen-bond acceptors (Lipinski definition) is 0. The highest BCUT2D eigenvalue weighted by Gasteiger charge is 2.42. The van der Waals surface area contributed by atoms with Gasteiger partial charge in [0.25, 0.3) is 0 Å². The zero-order chi connectivity index (χ0) is 23.7. The molecule has 0 amide bonds. The van der Waals surface area contributed by atoms with Gasteiger partial charge in [0.05, 0.1) is 8.07 Å². The molecular weight excluding hydrogens is 412 g/mol. The summed E-state index contributed by atoms with van der Waals surface area (Å²) in [6, 6.07) is 17.0. The second-order valence-corrected chi connectivity index (χ2v) is 16.8. The molecule has 33 heavy (non-hydrogen) atoms. The molecule has 0 atom stereocenters. The fourth-order valence-corrected chi connectivity index (χ4v) is 7.16. The second-order valence-electron chi connectivity index (χ2n) is 11.7. The summed E-state index contributed by atoms with van der Waals surface area (Å²) in [6.45, 7) is 12.1. The monoisotopic (exact) mass is 462 g/mol. The van der Waals surface area contributed by atoms with Gasteiger partial charge in [-0.1, -0.05) is 158 Å². The van der Waals surface area contributed by atoms with Crippen LogP contribution in [0, 0.1) is 0 Å².